The van der Waals surface area contributed by atoms with Gasteiger partial charge in [-0.05, 0) is 49.9 Å². The van der Waals surface area contributed by atoms with E-state index in [0.717, 1.165) is 12.0 Å². The first-order valence-electron chi connectivity index (χ1n) is 8.43. The van der Waals surface area contributed by atoms with Crippen LogP contribution in [0.4, 0.5) is 0 Å². The molecular formula is C20H23NO4. The molecule has 5 heteroatoms. The fraction of sp³-hybridized carbons (Fsp3) is 0.350. The third kappa shape index (κ3) is 4.44. The summed E-state index contributed by atoms with van der Waals surface area (Å²) in [6.07, 6.45) is 0.945. The van der Waals surface area contributed by atoms with Gasteiger partial charge in [-0.15, -0.1) is 0 Å². The summed E-state index contributed by atoms with van der Waals surface area (Å²) in [5.41, 5.74) is 1.92. The molecule has 25 heavy (non-hydrogen) atoms. The van der Waals surface area contributed by atoms with Crippen LogP contribution in [0.15, 0.2) is 36.4 Å². The molecule has 132 valence electrons. The Kier molecular flexibility index (Phi) is 6.28. The number of nitrogens with zero attached hydrogens (tertiary/aromatic N) is 1. The standard InChI is InChI=1S/C20H23NO4/c1-5-13(3)15-9-7-8-10-18(15)25-20(23)17-12-11-16(14(4)21-17)19(22)24-6-2/h7-13H,5-6H2,1-4H3. The molecule has 1 atom stereocenters. The van der Waals surface area contributed by atoms with E-state index >= 15 is 0 Å². The maximum absolute atomic E-state index is 12.4. The summed E-state index contributed by atoms with van der Waals surface area (Å²) in [7, 11) is 0. The minimum atomic E-state index is -0.547. The number of aromatic nitrogens is 1. The molecule has 0 spiro atoms. The van der Waals surface area contributed by atoms with Crippen LogP contribution < -0.4 is 4.74 Å². The van der Waals surface area contributed by atoms with Crippen LogP contribution in [0.5, 0.6) is 5.75 Å². The van der Waals surface area contributed by atoms with Gasteiger partial charge in [0.2, 0.25) is 0 Å². The summed E-state index contributed by atoms with van der Waals surface area (Å²) in [5.74, 6) is -0.176. The second kappa shape index (κ2) is 8.42. The maximum atomic E-state index is 12.4. The molecule has 1 unspecified atom stereocenters. The summed E-state index contributed by atoms with van der Waals surface area (Å²) in [6, 6.07) is 10.5. The average Bonchev–Trinajstić information content (AvgIpc) is 2.61. The van der Waals surface area contributed by atoms with Gasteiger partial charge in [0.1, 0.15) is 11.4 Å². The SMILES string of the molecule is CCOC(=O)c1ccc(C(=O)Oc2ccccc2C(C)CC)nc1C. The van der Waals surface area contributed by atoms with Gasteiger partial charge in [-0.25, -0.2) is 14.6 Å². The van der Waals surface area contributed by atoms with E-state index in [-0.39, 0.29) is 18.2 Å². The number of esters is 2. The van der Waals surface area contributed by atoms with Crippen LogP contribution in [-0.2, 0) is 4.74 Å². The molecule has 5 nitrogen and oxygen atoms in total. The number of benzene rings is 1. The van der Waals surface area contributed by atoms with Crippen molar-refractivity contribution in [3.8, 4) is 5.75 Å². The van der Waals surface area contributed by atoms with Gasteiger partial charge in [-0.1, -0.05) is 32.0 Å². The van der Waals surface area contributed by atoms with Crippen molar-refractivity contribution in [3.05, 3.63) is 58.9 Å². The summed E-state index contributed by atoms with van der Waals surface area (Å²) in [5, 5.41) is 0. The number of hydrogen-bond acceptors (Lipinski definition) is 5. The average molecular weight is 341 g/mol. The minimum absolute atomic E-state index is 0.157. The Hall–Kier alpha value is -2.69. The van der Waals surface area contributed by atoms with E-state index < -0.39 is 11.9 Å². The fourth-order valence-corrected chi connectivity index (χ4v) is 2.45. The molecule has 0 bridgehead atoms. The molecule has 0 saturated heterocycles. The molecule has 0 aliphatic heterocycles. The Balaban J connectivity index is 2.22. The first-order chi connectivity index (χ1) is 12.0. The molecule has 0 aliphatic rings. The molecule has 2 rings (SSSR count). The molecule has 1 heterocycles. The van der Waals surface area contributed by atoms with E-state index in [0.29, 0.717) is 17.0 Å². The van der Waals surface area contributed by atoms with Crippen LogP contribution in [0, 0.1) is 6.92 Å². The lowest BCUT2D eigenvalue weighted by Crippen LogP contribution is -2.15. The van der Waals surface area contributed by atoms with Crippen molar-refractivity contribution < 1.29 is 19.1 Å². The number of carbonyl (C=O) groups excluding carboxylic acids is 2. The van der Waals surface area contributed by atoms with Crippen LogP contribution >= 0.6 is 0 Å². The van der Waals surface area contributed by atoms with Gasteiger partial charge >= 0.3 is 11.9 Å². The molecule has 0 N–H and O–H groups in total. The topological polar surface area (TPSA) is 65.5 Å². The van der Waals surface area contributed by atoms with E-state index in [1.54, 1.807) is 19.9 Å². The first kappa shape index (κ1) is 18.6. The van der Waals surface area contributed by atoms with Gasteiger partial charge in [0.15, 0.2) is 0 Å². The molecule has 0 fully saturated rings. The van der Waals surface area contributed by atoms with Gasteiger partial charge in [0.25, 0.3) is 0 Å². The number of ether oxygens (including phenoxy) is 2. The zero-order chi connectivity index (χ0) is 18.4. The maximum Gasteiger partial charge on any atom is 0.362 e. The zero-order valence-corrected chi connectivity index (χ0v) is 15.0. The Bertz CT molecular complexity index is 770. The van der Waals surface area contributed by atoms with E-state index in [4.69, 9.17) is 9.47 Å². The number of carbonyl (C=O) groups is 2. The number of pyridine rings is 1. The van der Waals surface area contributed by atoms with Crippen molar-refractivity contribution in [2.75, 3.05) is 6.61 Å². The third-order valence-corrected chi connectivity index (χ3v) is 4.06. The van der Waals surface area contributed by atoms with Gasteiger partial charge in [-0.3, -0.25) is 0 Å². The number of hydrogen-bond donors (Lipinski definition) is 0. The van der Waals surface area contributed by atoms with Crippen LogP contribution in [0.25, 0.3) is 0 Å². The van der Waals surface area contributed by atoms with Gasteiger partial charge < -0.3 is 9.47 Å². The predicted octanol–water partition coefficient (Wildman–Crippen LogP) is 4.30. The number of rotatable bonds is 6. The minimum Gasteiger partial charge on any atom is -0.462 e. The smallest absolute Gasteiger partial charge is 0.362 e. The lowest BCUT2D eigenvalue weighted by atomic mass is 9.98. The zero-order valence-electron chi connectivity index (χ0n) is 15.0. The summed E-state index contributed by atoms with van der Waals surface area (Å²) < 4.78 is 10.5. The Morgan fingerprint density at radius 1 is 1.08 bits per heavy atom. The Labute approximate surface area is 148 Å². The predicted molar refractivity (Wildman–Crippen MR) is 95.0 cm³/mol. The Morgan fingerprint density at radius 2 is 1.80 bits per heavy atom. The summed E-state index contributed by atoms with van der Waals surface area (Å²) >= 11 is 0. The molecule has 1 aromatic carbocycles. The van der Waals surface area contributed by atoms with Crippen molar-refractivity contribution in [2.45, 2.75) is 40.0 Å². The highest BCUT2D eigenvalue weighted by molar-refractivity contribution is 5.93. The van der Waals surface area contributed by atoms with Crippen molar-refractivity contribution in [2.24, 2.45) is 0 Å². The first-order valence-corrected chi connectivity index (χ1v) is 8.43. The fourth-order valence-electron chi connectivity index (χ4n) is 2.45. The van der Waals surface area contributed by atoms with E-state index in [1.165, 1.54) is 12.1 Å². The highest BCUT2D eigenvalue weighted by Crippen LogP contribution is 2.28. The molecule has 0 radical (unpaired) electrons. The largest absolute Gasteiger partial charge is 0.462 e. The van der Waals surface area contributed by atoms with E-state index in [1.807, 2.05) is 18.2 Å². The van der Waals surface area contributed by atoms with E-state index in [9.17, 15) is 9.59 Å². The highest BCUT2D eigenvalue weighted by Gasteiger charge is 2.18. The Morgan fingerprint density at radius 3 is 2.44 bits per heavy atom. The van der Waals surface area contributed by atoms with Crippen LogP contribution in [0.2, 0.25) is 0 Å². The second-order valence-corrected chi connectivity index (χ2v) is 5.79. The normalized spacial score (nSPS) is 11.7. The van der Waals surface area contributed by atoms with E-state index in [2.05, 4.69) is 18.8 Å². The van der Waals surface area contributed by atoms with Crippen LogP contribution in [0.1, 0.15) is 65.2 Å². The van der Waals surface area contributed by atoms with Crippen LogP contribution in [0.3, 0.4) is 0 Å². The molecule has 0 amide bonds. The summed E-state index contributed by atoms with van der Waals surface area (Å²) in [4.78, 5) is 28.4. The monoisotopic (exact) mass is 341 g/mol. The molecule has 0 saturated carbocycles. The number of para-hydroxylation sites is 1. The molecule has 1 aromatic heterocycles. The lowest BCUT2D eigenvalue weighted by molar-refractivity contribution is 0.0523. The van der Waals surface area contributed by atoms with Gasteiger partial charge in [0, 0.05) is 0 Å². The van der Waals surface area contributed by atoms with Gasteiger partial charge in [0.05, 0.1) is 17.9 Å². The van der Waals surface area contributed by atoms with Crippen molar-refractivity contribution in [1.82, 2.24) is 4.98 Å². The highest BCUT2D eigenvalue weighted by atomic mass is 16.5. The van der Waals surface area contributed by atoms with Crippen LogP contribution in [-0.4, -0.2) is 23.5 Å². The summed E-state index contributed by atoms with van der Waals surface area (Å²) in [6.45, 7) is 7.86. The second-order valence-electron chi connectivity index (χ2n) is 5.79. The van der Waals surface area contributed by atoms with Crippen molar-refractivity contribution in [3.63, 3.8) is 0 Å². The van der Waals surface area contributed by atoms with Crippen molar-refractivity contribution in [1.29, 1.82) is 0 Å². The van der Waals surface area contributed by atoms with Gasteiger partial charge in [-0.2, -0.15) is 0 Å². The molecule has 2 aromatic rings. The third-order valence-electron chi connectivity index (χ3n) is 4.06. The number of aryl methyl sites for hydroxylation is 1. The van der Waals surface area contributed by atoms with Crippen molar-refractivity contribution >= 4 is 11.9 Å². The molecular weight excluding hydrogens is 318 g/mol. The quantitative estimate of drug-likeness (QED) is 0.579. The lowest BCUT2D eigenvalue weighted by Gasteiger charge is -2.14. The molecule has 0 aliphatic carbocycles.